The molecule has 0 saturated heterocycles. The van der Waals surface area contributed by atoms with Gasteiger partial charge < -0.3 is 4.90 Å². The monoisotopic (exact) mass is 235 g/mol. The van der Waals surface area contributed by atoms with Crippen LogP contribution in [0.2, 0.25) is 0 Å². The second kappa shape index (κ2) is 4.54. The van der Waals surface area contributed by atoms with Gasteiger partial charge in [-0.2, -0.15) is 26.3 Å². The maximum absolute atomic E-state index is 11.8. The van der Waals surface area contributed by atoms with Crippen LogP contribution in [0.4, 0.5) is 26.3 Å². The average Bonchev–Trinajstić information content (AvgIpc) is 1.96. The lowest BCUT2D eigenvalue weighted by Crippen LogP contribution is -2.43. The molecule has 0 saturated carbocycles. The first-order chi connectivity index (χ1) is 6.55. The molecule has 0 spiro atoms. The number of hydrogen-bond donors (Lipinski definition) is 0. The highest BCUT2D eigenvalue weighted by molar-refractivity contribution is 5.87. The van der Waals surface area contributed by atoms with Crippen LogP contribution in [0.5, 0.6) is 0 Å². The molecule has 0 bridgehead atoms. The molecular formula is C7H7F6NO. The van der Waals surface area contributed by atoms with Crippen LogP contribution in [0.15, 0.2) is 12.7 Å². The van der Waals surface area contributed by atoms with Gasteiger partial charge in [0.15, 0.2) is 0 Å². The van der Waals surface area contributed by atoms with Crippen molar-refractivity contribution in [2.24, 2.45) is 0 Å². The first-order valence-corrected chi connectivity index (χ1v) is 3.60. The Bertz CT molecular complexity index is 227. The van der Waals surface area contributed by atoms with Crippen molar-refractivity contribution in [3.8, 4) is 0 Å². The third-order valence-corrected chi connectivity index (χ3v) is 1.23. The molecule has 0 aromatic heterocycles. The van der Waals surface area contributed by atoms with Crippen molar-refractivity contribution >= 4 is 5.91 Å². The summed E-state index contributed by atoms with van der Waals surface area (Å²) in [5, 5.41) is 0. The van der Waals surface area contributed by atoms with E-state index in [1.54, 1.807) is 0 Å². The molecule has 88 valence electrons. The van der Waals surface area contributed by atoms with Gasteiger partial charge in [0.1, 0.15) is 13.1 Å². The molecule has 1 amide bonds. The minimum atomic E-state index is -4.87. The third-order valence-electron chi connectivity index (χ3n) is 1.23. The van der Waals surface area contributed by atoms with Crippen molar-refractivity contribution in [2.45, 2.75) is 12.4 Å². The fraction of sp³-hybridized carbons (Fsp3) is 0.571. The maximum Gasteiger partial charge on any atom is 0.406 e. The molecular weight excluding hydrogens is 228 g/mol. The van der Waals surface area contributed by atoms with Gasteiger partial charge >= 0.3 is 12.4 Å². The fourth-order valence-corrected chi connectivity index (χ4v) is 0.774. The van der Waals surface area contributed by atoms with Crippen molar-refractivity contribution < 1.29 is 31.1 Å². The number of rotatable bonds is 3. The van der Waals surface area contributed by atoms with Crippen molar-refractivity contribution in [1.82, 2.24) is 4.90 Å². The number of nitrogens with zero attached hydrogens (tertiary/aromatic N) is 1. The minimum absolute atomic E-state index is 0.368. The predicted molar refractivity (Wildman–Crippen MR) is 38.9 cm³/mol. The van der Waals surface area contributed by atoms with E-state index in [4.69, 9.17) is 0 Å². The zero-order chi connectivity index (χ0) is 12.3. The van der Waals surface area contributed by atoms with E-state index >= 15 is 0 Å². The van der Waals surface area contributed by atoms with Crippen LogP contribution in [-0.2, 0) is 4.79 Å². The molecule has 0 fully saturated rings. The third kappa shape index (κ3) is 6.81. The van der Waals surface area contributed by atoms with Crippen molar-refractivity contribution in [3.63, 3.8) is 0 Å². The van der Waals surface area contributed by atoms with E-state index in [-0.39, 0.29) is 4.90 Å². The molecule has 0 unspecified atom stereocenters. The Morgan fingerprint density at radius 1 is 1.07 bits per heavy atom. The first kappa shape index (κ1) is 13.8. The molecule has 0 aromatic rings. The summed E-state index contributed by atoms with van der Waals surface area (Å²) in [5.74, 6) is -1.41. The van der Waals surface area contributed by atoms with Gasteiger partial charge in [-0.05, 0) is 6.08 Å². The van der Waals surface area contributed by atoms with Crippen LogP contribution in [0.1, 0.15) is 0 Å². The molecule has 0 heterocycles. The van der Waals surface area contributed by atoms with E-state index in [1.807, 2.05) is 0 Å². The van der Waals surface area contributed by atoms with Crippen LogP contribution in [-0.4, -0.2) is 36.2 Å². The Morgan fingerprint density at radius 2 is 1.40 bits per heavy atom. The van der Waals surface area contributed by atoms with Gasteiger partial charge in [0.05, 0.1) is 0 Å². The van der Waals surface area contributed by atoms with Gasteiger partial charge in [-0.25, -0.2) is 0 Å². The Kier molecular flexibility index (Phi) is 4.17. The van der Waals surface area contributed by atoms with Gasteiger partial charge in [0.25, 0.3) is 0 Å². The quantitative estimate of drug-likeness (QED) is 0.542. The molecule has 8 heteroatoms. The lowest BCUT2D eigenvalue weighted by molar-refractivity contribution is -0.185. The Labute approximate surface area is 81.2 Å². The number of carbonyl (C=O) groups is 1. The van der Waals surface area contributed by atoms with Gasteiger partial charge in [0, 0.05) is 0 Å². The second-order valence-corrected chi connectivity index (χ2v) is 2.63. The lowest BCUT2D eigenvalue weighted by Gasteiger charge is -2.23. The highest BCUT2D eigenvalue weighted by Gasteiger charge is 2.38. The highest BCUT2D eigenvalue weighted by Crippen LogP contribution is 2.21. The Hall–Kier alpha value is -1.21. The van der Waals surface area contributed by atoms with E-state index < -0.39 is 31.3 Å². The fourth-order valence-electron chi connectivity index (χ4n) is 0.774. The van der Waals surface area contributed by atoms with E-state index in [0.29, 0.717) is 6.08 Å². The normalized spacial score (nSPS) is 12.4. The molecule has 0 aromatic carbocycles. The predicted octanol–water partition coefficient (Wildman–Crippen LogP) is 2.13. The zero-order valence-corrected chi connectivity index (χ0v) is 7.32. The van der Waals surface area contributed by atoms with E-state index in [1.165, 1.54) is 0 Å². The molecule has 15 heavy (non-hydrogen) atoms. The van der Waals surface area contributed by atoms with Crippen LogP contribution in [0.3, 0.4) is 0 Å². The van der Waals surface area contributed by atoms with E-state index in [9.17, 15) is 31.1 Å². The smallest absolute Gasteiger partial charge is 0.321 e. The molecule has 0 aliphatic carbocycles. The topological polar surface area (TPSA) is 20.3 Å². The first-order valence-electron chi connectivity index (χ1n) is 3.60. The summed E-state index contributed by atoms with van der Waals surface area (Å²) in [7, 11) is 0. The summed E-state index contributed by atoms with van der Waals surface area (Å²) in [6.07, 6.45) is -9.34. The SMILES string of the molecule is C=CC(=O)N(CC(F)(F)F)CC(F)(F)F. The van der Waals surface area contributed by atoms with Crippen molar-refractivity contribution in [3.05, 3.63) is 12.7 Å². The number of halogens is 6. The summed E-state index contributed by atoms with van der Waals surface area (Å²) >= 11 is 0. The molecule has 0 N–H and O–H groups in total. The summed E-state index contributed by atoms with van der Waals surface area (Å²) in [5.41, 5.74) is 0. The number of amides is 1. The zero-order valence-electron chi connectivity index (χ0n) is 7.32. The molecule has 0 aliphatic rings. The number of carbonyl (C=O) groups excluding carboxylic acids is 1. The minimum Gasteiger partial charge on any atom is -0.321 e. The average molecular weight is 235 g/mol. The molecule has 0 aliphatic heterocycles. The van der Waals surface area contributed by atoms with Crippen LogP contribution >= 0.6 is 0 Å². The number of alkyl halides is 6. The summed E-state index contributed by atoms with van der Waals surface area (Å²) in [6.45, 7) is -1.08. The maximum atomic E-state index is 11.8. The van der Waals surface area contributed by atoms with Gasteiger partial charge in [-0.15, -0.1) is 0 Å². The van der Waals surface area contributed by atoms with Crippen molar-refractivity contribution in [2.75, 3.05) is 13.1 Å². The standard InChI is InChI=1S/C7H7F6NO/c1-2-5(15)14(3-6(8,9)10)4-7(11,12)13/h2H,1,3-4H2. The highest BCUT2D eigenvalue weighted by atomic mass is 19.4. The second-order valence-electron chi connectivity index (χ2n) is 2.63. The largest absolute Gasteiger partial charge is 0.406 e. The number of hydrogen-bond acceptors (Lipinski definition) is 1. The summed E-state index contributed by atoms with van der Waals surface area (Å²) in [4.78, 5) is 10.3. The van der Waals surface area contributed by atoms with E-state index in [0.717, 1.165) is 0 Å². The Balaban J connectivity index is 4.60. The molecule has 0 radical (unpaired) electrons. The van der Waals surface area contributed by atoms with Crippen LogP contribution < -0.4 is 0 Å². The molecule has 2 nitrogen and oxygen atoms in total. The Morgan fingerprint density at radius 3 is 1.60 bits per heavy atom. The molecule has 0 atom stereocenters. The summed E-state index contributed by atoms with van der Waals surface area (Å²) < 4.78 is 70.7. The van der Waals surface area contributed by atoms with Crippen molar-refractivity contribution in [1.29, 1.82) is 0 Å². The van der Waals surface area contributed by atoms with E-state index in [2.05, 4.69) is 6.58 Å². The van der Waals surface area contributed by atoms with Crippen LogP contribution in [0, 0.1) is 0 Å². The molecule has 0 rings (SSSR count). The van der Waals surface area contributed by atoms with Crippen LogP contribution in [0.25, 0.3) is 0 Å². The summed E-state index contributed by atoms with van der Waals surface area (Å²) in [6, 6.07) is 0. The lowest BCUT2D eigenvalue weighted by atomic mass is 10.4. The van der Waals surface area contributed by atoms with Gasteiger partial charge in [0.2, 0.25) is 5.91 Å². The van der Waals surface area contributed by atoms with Gasteiger partial charge in [-0.1, -0.05) is 6.58 Å². The van der Waals surface area contributed by atoms with Gasteiger partial charge in [-0.3, -0.25) is 4.79 Å².